The van der Waals surface area contributed by atoms with Crippen LogP contribution in [0.4, 0.5) is 4.39 Å². The Labute approximate surface area is 166 Å². The van der Waals surface area contributed by atoms with E-state index >= 15 is 0 Å². The third-order valence-electron chi connectivity index (χ3n) is 6.02. The number of pyridine rings is 1. The number of amides is 1. The number of benzene rings is 1. The van der Waals surface area contributed by atoms with Gasteiger partial charge in [0.2, 0.25) is 5.91 Å². The van der Waals surface area contributed by atoms with Gasteiger partial charge in [0.1, 0.15) is 17.2 Å². The number of rotatable bonds is 3. The standard InChI is InChI=1S/C22H20FN3O3/c1-29-16-5-2-14(3-6-16)22(9-10-22)21(28)25-11-8-18-17(13-25)20(27)26-12-15(23)4-7-19(26)24-18/h2-7,12H,8-11,13H2,1H3. The highest BCUT2D eigenvalue weighted by Crippen LogP contribution is 2.50. The van der Waals surface area contributed by atoms with Gasteiger partial charge in [0.05, 0.1) is 30.3 Å². The molecule has 1 aromatic carbocycles. The van der Waals surface area contributed by atoms with Gasteiger partial charge >= 0.3 is 0 Å². The first-order chi connectivity index (χ1) is 14.0. The largest absolute Gasteiger partial charge is 0.497 e. The van der Waals surface area contributed by atoms with Gasteiger partial charge in [0, 0.05) is 19.2 Å². The average Bonchev–Trinajstić information content (AvgIpc) is 3.56. The van der Waals surface area contributed by atoms with Gasteiger partial charge < -0.3 is 9.64 Å². The number of ether oxygens (including phenoxy) is 1. The van der Waals surface area contributed by atoms with Crippen molar-refractivity contribution in [2.45, 2.75) is 31.2 Å². The van der Waals surface area contributed by atoms with Crippen LogP contribution in [0.1, 0.15) is 29.7 Å². The molecule has 29 heavy (non-hydrogen) atoms. The van der Waals surface area contributed by atoms with Crippen molar-refractivity contribution in [3.8, 4) is 5.75 Å². The summed E-state index contributed by atoms with van der Waals surface area (Å²) in [4.78, 5) is 32.5. The number of methoxy groups -OCH3 is 1. The van der Waals surface area contributed by atoms with Crippen molar-refractivity contribution in [1.29, 1.82) is 0 Å². The lowest BCUT2D eigenvalue weighted by Gasteiger charge is -2.31. The minimum Gasteiger partial charge on any atom is -0.497 e. The van der Waals surface area contributed by atoms with Gasteiger partial charge in [-0.15, -0.1) is 0 Å². The molecule has 1 aliphatic heterocycles. The predicted octanol–water partition coefficient (Wildman–Crippen LogP) is 2.46. The third-order valence-corrected chi connectivity index (χ3v) is 6.02. The molecule has 1 saturated carbocycles. The Hall–Kier alpha value is -3.22. The van der Waals surface area contributed by atoms with E-state index in [4.69, 9.17) is 4.74 Å². The number of nitrogens with zero attached hydrogens (tertiary/aromatic N) is 3. The molecule has 3 heterocycles. The van der Waals surface area contributed by atoms with Crippen molar-refractivity contribution < 1.29 is 13.9 Å². The van der Waals surface area contributed by atoms with Crippen molar-refractivity contribution in [2.24, 2.45) is 0 Å². The summed E-state index contributed by atoms with van der Waals surface area (Å²) < 4.78 is 20.0. The molecule has 1 amide bonds. The summed E-state index contributed by atoms with van der Waals surface area (Å²) in [6, 6.07) is 10.4. The molecule has 2 aromatic heterocycles. The van der Waals surface area contributed by atoms with Gasteiger partial charge in [-0.3, -0.25) is 14.0 Å². The fourth-order valence-electron chi connectivity index (χ4n) is 4.21. The number of carbonyl (C=O) groups is 1. The topological polar surface area (TPSA) is 63.9 Å². The molecule has 5 rings (SSSR count). The van der Waals surface area contributed by atoms with Crippen LogP contribution in [0.2, 0.25) is 0 Å². The fourth-order valence-corrected chi connectivity index (χ4v) is 4.21. The third kappa shape index (κ3) is 2.80. The van der Waals surface area contributed by atoms with Crippen LogP contribution in [0.15, 0.2) is 47.4 Å². The molecule has 0 radical (unpaired) electrons. The lowest BCUT2D eigenvalue weighted by Crippen LogP contribution is -2.44. The molecule has 1 fully saturated rings. The molecule has 1 aliphatic carbocycles. The van der Waals surface area contributed by atoms with E-state index < -0.39 is 11.2 Å². The van der Waals surface area contributed by atoms with E-state index in [1.54, 1.807) is 12.0 Å². The van der Waals surface area contributed by atoms with Gasteiger partial charge in [-0.25, -0.2) is 9.37 Å². The van der Waals surface area contributed by atoms with Gasteiger partial charge in [-0.05, 0) is 42.7 Å². The van der Waals surface area contributed by atoms with E-state index in [1.807, 2.05) is 24.3 Å². The zero-order valence-corrected chi connectivity index (χ0v) is 16.0. The zero-order valence-electron chi connectivity index (χ0n) is 16.0. The lowest BCUT2D eigenvalue weighted by atomic mass is 9.93. The molecule has 0 bridgehead atoms. The fraction of sp³-hybridized carbons (Fsp3) is 0.318. The molecule has 2 aliphatic rings. The monoisotopic (exact) mass is 393 g/mol. The number of aromatic nitrogens is 2. The predicted molar refractivity (Wildman–Crippen MR) is 104 cm³/mol. The van der Waals surface area contributed by atoms with E-state index in [0.29, 0.717) is 29.9 Å². The van der Waals surface area contributed by atoms with Crippen molar-refractivity contribution in [3.05, 3.63) is 75.6 Å². The molecule has 7 heteroatoms. The van der Waals surface area contributed by atoms with E-state index in [0.717, 1.165) is 30.4 Å². The average molecular weight is 393 g/mol. The Morgan fingerprint density at radius 2 is 1.93 bits per heavy atom. The lowest BCUT2D eigenvalue weighted by molar-refractivity contribution is -0.135. The first-order valence-electron chi connectivity index (χ1n) is 9.65. The molecular formula is C22H20FN3O3. The van der Waals surface area contributed by atoms with Gasteiger partial charge in [-0.2, -0.15) is 0 Å². The molecule has 0 saturated heterocycles. The summed E-state index contributed by atoms with van der Waals surface area (Å²) in [5, 5.41) is 0. The van der Waals surface area contributed by atoms with Crippen molar-refractivity contribution in [2.75, 3.05) is 13.7 Å². The molecule has 0 spiro atoms. The molecule has 6 nitrogen and oxygen atoms in total. The second-order valence-electron chi connectivity index (χ2n) is 7.71. The Morgan fingerprint density at radius 3 is 2.62 bits per heavy atom. The summed E-state index contributed by atoms with van der Waals surface area (Å²) in [6.07, 6.45) is 3.25. The smallest absolute Gasteiger partial charge is 0.263 e. The highest BCUT2D eigenvalue weighted by Gasteiger charge is 2.53. The highest BCUT2D eigenvalue weighted by molar-refractivity contribution is 5.91. The van der Waals surface area contributed by atoms with Crippen molar-refractivity contribution >= 4 is 11.6 Å². The van der Waals surface area contributed by atoms with Crippen LogP contribution in [0.5, 0.6) is 5.75 Å². The number of halogens is 1. The van der Waals surface area contributed by atoms with Crippen LogP contribution in [-0.2, 0) is 23.2 Å². The first kappa shape index (κ1) is 17.8. The van der Waals surface area contributed by atoms with Gasteiger partial charge in [0.25, 0.3) is 5.56 Å². The van der Waals surface area contributed by atoms with Crippen LogP contribution in [0.3, 0.4) is 0 Å². The SMILES string of the molecule is COc1ccc(C2(C(=O)N3CCc4nc5ccc(F)cn5c(=O)c4C3)CC2)cc1. The van der Waals surface area contributed by atoms with E-state index in [1.165, 1.54) is 16.5 Å². The molecule has 3 aromatic rings. The summed E-state index contributed by atoms with van der Waals surface area (Å²) in [5.74, 6) is 0.292. The number of hydrogen-bond donors (Lipinski definition) is 0. The molecule has 0 atom stereocenters. The first-order valence-corrected chi connectivity index (χ1v) is 9.65. The maximum atomic E-state index is 13.6. The normalized spacial score (nSPS) is 17.1. The van der Waals surface area contributed by atoms with Crippen molar-refractivity contribution in [3.63, 3.8) is 0 Å². The maximum absolute atomic E-state index is 13.6. The van der Waals surface area contributed by atoms with Crippen molar-refractivity contribution in [1.82, 2.24) is 14.3 Å². The quantitative estimate of drug-likeness (QED) is 0.686. The molecule has 0 unspecified atom stereocenters. The van der Waals surface area contributed by atoms with E-state index in [9.17, 15) is 14.0 Å². The van der Waals surface area contributed by atoms with Gasteiger partial charge in [-0.1, -0.05) is 12.1 Å². The Morgan fingerprint density at radius 1 is 1.17 bits per heavy atom. The zero-order chi connectivity index (χ0) is 20.2. The number of hydrogen-bond acceptors (Lipinski definition) is 4. The van der Waals surface area contributed by atoms with Gasteiger partial charge in [0.15, 0.2) is 0 Å². The highest BCUT2D eigenvalue weighted by atomic mass is 19.1. The van der Waals surface area contributed by atoms with Crippen LogP contribution in [0, 0.1) is 5.82 Å². The number of fused-ring (bicyclic) bond motifs is 2. The Bertz CT molecular complexity index is 1180. The second kappa shape index (κ2) is 6.40. The minimum absolute atomic E-state index is 0.0389. The molecular weight excluding hydrogens is 373 g/mol. The Kier molecular flexibility index (Phi) is 3.94. The maximum Gasteiger partial charge on any atom is 0.263 e. The van der Waals surface area contributed by atoms with Crippen LogP contribution in [-0.4, -0.2) is 33.8 Å². The van der Waals surface area contributed by atoms with Crippen LogP contribution in [0.25, 0.3) is 5.65 Å². The van der Waals surface area contributed by atoms with Crippen LogP contribution >= 0.6 is 0 Å². The summed E-state index contributed by atoms with van der Waals surface area (Å²) in [5.41, 5.74) is 1.74. The second-order valence-corrected chi connectivity index (χ2v) is 7.71. The summed E-state index contributed by atoms with van der Waals surface area (Å²) >= 11 is 0. The van der Waals surface area contributed by atoms with E-state index in [2.05, 4.69) is 4.98 Å². The minimum atomic E-state index is -0.518. The van der Waals surface area contributed by atoms with E-state index in [-0.39, 0.29) is 18.0 Å². The molecule has 148 valence electrons. The number of carbonyl (C=O) groups excluding carboxylic acids is 1. The summed E-state index contributed by atoms with van der Waals surface area (Å²) in [6.45, 7) is 0.727. The summed E-state index contributed by atoms with van der Waals surface area (Å²) in [7, 11) is 1.61. The molecule has 0 N–H and O–H groups in total. The van der Waals surface area contributed by atoms with Crippen LogP contribution < -0.4 is 10.3 Å². The Balaban J connectivity index is 1.47.